The van der Waals surface area contributed by atoms with Crippen LogP contribution in [0.25, 0.3) is 12.2 Å². The van der Waals surface area contributed by atoms with E-state index in [1.54, 1.807) is 13.4 Å². The Balaban J connectivity index is 0.00000106. The van der Waals surface area contributed by atoms with Crippen molar-refractivity contribution in [1.82, 2.24) is 4.98 Å². The van der Waals surface area contributed by atoms with Crippen LogP contribution in [0.15, 0.2) is 24.6 Å². The molecule has 0 atom stereocenters. The van der Waals surface area contributed by atoms with E-state index in [-0.39, 0.29) is 0 Å². The van der Waals surface area contributed by atoms with Gasteiger partial charge in [-0.1, -0.05) is 26.0 Å². The third-order valence-electron chi connectivity index (χ3n) is 1.83. The van der Waals surface area contributed by atoms with Gasteiger partial charge in [-0.25, -0.2) is 0 Å². The molecule has 0 bridgehead atoms. The molecule has 0 aliphatic rings. The Kier molecular flexibility index (Phi) is 7.86. The summed E-state index contributed by atoms with van der Waals surface area (Å²) < 4.78 is 4.88. The van der Waals surface area contributed by atoms with Crippen molar-refractivity contribution < 1.29 is 4.74 Å². The number of allylic oxidation sites excluding steroid dienone is 1. The molecule has 1 heterocycles. The lowest BCUT2D eigenvalue weighted by Crippen LogP contribution is -1.87. The predicted molar refractivity (Wildman–Crippen MR) is 71.1 cm³/mol. The van der Waals surface area contributed by atoms with Crippen molar-refractivity contribution in [2.75, 3.05) is 7.11 Å². The Morgan fingerprint density at radius 1 is 1.19 bits per heavy atom. The van der Waals surface area contributed by atoms with Crippen LogP contribution in [-0.4, -0.2) is 12.1 Å². The zero-order valence-corrected chi connectivity index (χ0v) is 10.8. The minimum Gasteiger partial charge on any atom is -0.504 e. The van der Waals surface area contributed by atoms with Crippen LogP contribution in [0.2, 0.25) is 0 Å². The summed E-state index contributed by atoms with van der Waals surface area (Å²) in [6, 6.07) is 2.05. The third kappa shape index (κ3) is 4.78. The molecule has 0 spiro atoms. The Hall–Kier alpha value is -1.57. The summed E-state index contributed by atoms with van der Waals surface area (Å²) in [6.07, 6.45) is 9.48. The molecule has 0 aliphatic heterocycles. The number of rotatable bonds is 3. The smallest absolute Gasteiger partial charge is 0.0831 e. The molecule has 0 radical (unpaired) electrons. The van der Waals surface area contributed by atoms with E-state index in [1.807, 2.05) is 46.0 Å². The topological polar surface area (TPSA) is 22.1 Å². The zero-order chi connectivity index (χ0) is 12.4. The van der Waals surface area contributed by atoms with Gasteiger partial charge in [0.05, 0.1) is 13.4 Å². The molecule has 0 N–H and O–H groups in total. The van der Waals surface area contributed by atoms with Gasteiger partial charge in [-0.15, -0.1) is 0 Å². The lowest BCUT2D eigenvalue weighted by molar-refractivity contribution is 0.341. The quantitative estimate of drug-likeness (QED) is 0.715. The molecule has 0 unspecified atom stereocenters. The fourth-order valence-electron chi connectivity index (χ4n) is 1.20. The summed E-state index contributed by atoms with van der Waals surface area (Å²) in [5, 5.41) is 0. The van der Waals surface area contributed by atoms with E-state index in [0.29, 0.717) is 0 Å². The number of aryl methyl sites for hydroxylation is 1. The van der Waals surface area contributed by atoms with Gasteiger partial charge in [0.1, 0.15) is 0 Å². The van der Waals surface area contributed by atoms with Crippen molar-refractivity contribution in [3.63, 3.8) is 0 Å². The summed E-state index contributed by atoms with van der Waals surface area (Å²) in [6.45, 7) is 7.98. The number of ether oxygens (including phenoxy) is 1. The molecule has 1 rings (SSSR count). The molecule has 88 valence electrons. The van der Waals surface area contributed by atoms with Crippen molar-refractivity contribution >= 4 is 12.2 Å². The summed E-state index contributed by atoms with van der Waals surface area (Å²) in [4.78, 5) is 4.23. The van der Waals surface area contributed by atoms with Crippen LogP contribution in [0.3, 0.4) is 0 Å². The molecule has 0 aromatic carbocycles. The molecule has 0 saturated heterocycles. The first-order chi connectivity index (χ1) is 7.77. The zero-order valence-electron chi connectivity index (χ0n) is 10.8. The van der Waals surface area contributed by atoms with Crippen LogP contribution < -0.4 is 0 Å². The average molecular weight is 219 g/mol. The van der Waals surface area contributed by atoms with Gasteiger partial charge in [-0.2, -0.15) is 0 Å². The van der Waals surface area contributed by atoms with Gasteiger partial charge in [0.25, 0.3) is 0 Å². The lowest BCUT2D eigenvalue weighted by Gasteiger charge is -2.01. The number of nitrogens with zero attached hydrogens (tertiary/aromatic N) is 1. The van der Waals surface area contributed by atoms with Crippen LogP contribution in [0.4, 0.5) is 0 Å². The second kappa shape index (κ2) is 8.72. The molecule has 2 heteroatoms. The number of hydrogen-bond donors (Lipinski definition) is 0. The highest BCUT2D eigenvalue weighted by molar-refractivity contribution is 5.64. The Morgan fingerprint density at radius 3 is 2.44 bits per heavy atom. The third-order valence-corrected chi connectivity index (χ3v) is 1.83. The van der Waals surface area contributed by atoms with Crippen molar-refractivity contribution in [3.8, 4) is 0 Å². The Bertz CT molecular complexity index is 354. The highest BCUT2D eigenvalue weighted by Gasteiger charge is 1.96. The molecule has 1 aromatic heterocycles. The van der Waals surface area contributed by atoms with Gasteiger partial charge >= 0.3 is 0 Å². The van der Waals surface area contributed by atoms with Crippen LogP contribution in [0.5, 0.6) is 0 Å². The number of aromatic nitrogens is 1. The maximum atomic E-state index is 4.88. The Morgan fingerprint density at radius 2 is 1.88 bits per heavy atom. The monoisotopic (exact) mass is 219 g/mol. The van der Waals surface area contributed by atoms with Crippen LogP contribution in [0.1, 0.15) is 37.6 Å². The van der Waals surface area contributed by atoms with Crippen molar-refractivity contribution in [3.05, 3.63) is 41.4 Å². The van der Waals surface area contributed by atoms with E-state index >= 15 is 0 Å². The highest BCUT2D eigenvalue weighted by Crippen LogP contribution is 2.13. The van der Waals surface area contributed by atoms with Crippen LogP contribution in [-0.2, 0) is 4.74 Å². The maximum absolute atomic E-state index is 4.88. The van der Waals surface area contributed by atoms with E-state index in [2.05, 4.69) is 17.1 Å². The van der Waals surface area contributed by atoms with E-state index in [1.165, 1.54) is 0 Å². The average Bonchev–Trinajstić information content (AvgIpc) is 2.31. The first-order valence-electron chi connectivity index (χ1n) is 5.56. The molecule has 0 aliphatic carbocycles. The maximum Gasteiger partial charge on any atom is 0.0831 e. The summed E-state index contributed by atoms with van der Waals surface area (Å²) in [5.74, 6) is 0. The molecule has 1 aromatic rings. The Labute approximate surface area is 98.7 Å². The second-order valence-corrected chi connectivity index (χ2v) is 2.99. The van der Waals surface area contributed by atoms with Crippen LogP contribution in [0, 0.1) is 6.92 Å². The second-order valence-electron chi connectivity index (χ2n) is 2.99. The minimum absolute atomic E-state index is 1.02. The van der Waals surface area contributed by atoms with E-state index < -0.39 is 0 Å². The summed E-state index contributed by atoms with van der Waals surface area (Å²) >= 11 is 0. The van der Waals surface area contributed by atoms with Gasteiger partial charge in [0.15, 0.2) is 0 Å². The normalized spacial score (nSPS) is 10.3. The molecule has 16 heavy (non-hydrogen) atoms. The molecule has 0 fully saturated rings. The molecular formula is C14H21NO. The first kappa shape index (κ1) is 14.4. The fourth-order valence-corrected chi connectivity index (χ4v) is 1.20. The SMILES string of the molecule is C/C=C\c1cc(C)ncc1/C=C/OC.CC. The predicted octanol–water partition coefficient (Wildman–Crippen LogP) is 4.07. The van der Waals surface area contributed by atoms with Crippen LogP contribution >= 0.6 is 0 Å². The molecular weight excluding hydrogens is 198 g/mol. The van der Waals surface area contributed by atoms with Gasteiger partial charge in [-0.05, 0) is 31.6 Å². The number of hydrogen-bond acceptors (Lipinski definition) is 2. The molecule has 0 amide bonds. The van der Waals surface area contributed by atoms with Gasteiger partial charge in [0.2, 0.25) is 0 Å². The highest BCUT2D eigenvalue weighted by atomic mass is 16.5. The standard InChI is InChI=1S/C12H15NO.C2H6/c1-4-5-11-8-10(2)13-9-12(11)6-7-14-3;1-2/h4-9H,1-3H3;1-2H3/b5-4-,7-6+;. The van der Waals surface area contributed by atoms with Gasteiger partial charge in [-0.3, -0.25) is 4.98 Å². The summed E-state index contributed by atoms with van der Waals surface area (Å²) in [5.41, 5.74) is 3.25. The van der Waals surface area contributed by atoms with Gasteiger partial charge < -0.3 is 4.74 Å². The molecule has 0 saturated carbocycles. The van der Waals surface area contributed by atoms with Crippen molar-refractivity contribution in [2.24, 2.45) is 0 Å². The lowest BCUT2D eigenvalue weighted by atomic mass is 10.1. The fraction of sp³-hybridized carbons (Fsp3) is 0.357. The number of methoxy groups -OCH3 is 1. The number of pyridine rings is 1. The minimum atomic E-state index is 1.02. The van der Waals surface area contributed by atoms with E-state index in [9.17, 15) is 0 Å². The summed E-state index contributed by atoms with van der Waals surface area (Å²) in [7, 11) is 1.63. The van der Waals surface area contributed by atoms with Crippen molar-refractivity contribution in [1.29, 1.82) is 0 Å². The van der Waals surface area contributed by atoms with E-state index in [4.69, 9.17) is 4.74 Å². The van der Waals surface area contributed by atoms with Crippen molar-refractivity contribution in [2.45, 2.75) is 27.7 Å². The first-order valence-corrected chi connectivity index (χ1v) is 5.56. The molecule has 2 nitrogen and oxygen atoms in total. The largest absolute Gasteiger partial charge is 0.504 e. The van der Waals surface area contributed by atoms with Gasteiger partial charge in [0, 0.05) is 17.5 Å². The van der Waals surface area contributed by atoms with E-state index in [0.717, 1.165) is 16.8 Å².